The fraction of sp³-hybridized carbons (Fsp3) is 0.481. The highest BCUT2D eigenvalue weighted by Gasteiger charge is 2.33. The summed E-state index contributed by atoms with van der Waals surface area (Å²) in [7, 11) is -4.86. The van der Waals surface area contributed by atoms with Gasteiger partial charge in [0.1, 0.15) is 4.90 Å². The highest BCUT2D eigenvalue weighted by atomic mass is 32.2. The number of hydrogen-bond acceptors (Lipinski definition) is 4. The topological polar surface area (TPSA) is 129 Å². The Hall–Kier alpha value is -2.71. The first-order valence-corrected chi connectivity index (χ1v) is 13.8. The van der Waals surface area contributed by atoms with E-state index in [4.69, 9.17) is 0 Å². The highest BCUT2D eigenvalue weighted by molar-refractivity contribution is 7.86. The zero-order valence-electron chi connectivity index (χ0n) is 20.5. The molecule has 0 aliphatic heterocycles. The fourth-order valence-electron chi connectivity index (χ4n) is 4.61. The van der Waals surface area contributed by atoms with Gasteiger partial charge < -0.3 is 10.2 Å². The van der Waals surface area contributed by atoms with E-state index < -0.39 is 27.0 Å². The van der Waals surface area contributed by atoms with Crippen LogP contribution in [0.5, 0.6) is 0 Å². The molecule has 0 saturated carbocycles. The van der Waals surface area contributed by atoms with Gasteiger partial charge in [0.25, 0.3) is 10.1 Å². The molecule has 0 unspecified atom stereocenters. The van der Waals surface area contributed by atoms with Crippen molar-refractivity contribution in [1.82, 2.24) is 0 Å². The molecule has 0 aliphatic rings. The lowest BCUT2D eigenvalue weighted by Gasteiger charge is -2.22. The molecular formula is C27H36O7S. The van der Waals surface area contributed by atoms with E-state index >= 15 is 0 Å². The van der Waals surface area contributed by atoms with Gasteiger partial charge in [-0.1, -0.05) is 63.4 Å². The second-order valence-corrected chi connectivity index (χ2v) is 10.2. The van der Waals surface area contributed by atoms with Gasteiger partial charge >= 0.3 is 11.9 Å². The lowest BCUT2D eigenvalue weighted by Crippen LogP contribution is -2.22. The molecule has 2 aromatic carbocycles. The van der Waals surface area contributed by atoms with Gasteiger partial charge in [0, 0.05) is 0 Å². The molecule has 35 heavy (non-hydrogen) atoms. The van der Waals surface area contributed by atoms with Crippen LogP contribution in [-0.4, -0.2) is 35.1 Å². The first-order chi connectivity index (χ1) is 16.6. The number of aromatic carboxylic acids is 2. The molecule has 2 rings (SSSR count). The minimum Gasteiger partial charge on any atom is -0.478 e. The Morgan fingerprint density at radius 1 is 0.686 bits per heavy atom. The molecule has 2 aromatic rings. The maximum Gasteiger partial charge on any atom is 0.336 e. The second-order valence-electron chi connectivity index (χ2n) is 8.85. The first kappa shape index (κ1) is 28.5. The second kappa shape index (κ2) is 13.4. The summed E-state index contributed by atoms with van der Waals surface area (Å²) in [6, 6.07) is 9.94. The average molecular weight is 505 g/mol. The lowest BCUT2D eigenvalue weighted by atomic mass is 9.85. The normalized spacial score (nSPS) is 11.5. The molecule has 0 atom stereocenters. The molecule has 0 aromatic heterocycles. The number of aryl methyl sites for hydroxylation is 1. The van der Waals surface area contributed by atoms with E-state index in [2.05, 4.69) is 0 Å². The Morgan fingerprint density at radius 3 is 1.60 bits per heavy atom. The minimum atomic E-state index is -4.86. The standard InChI is InChI=1S/C27H36O7S/c1-3-5-16-20-23(26(28)29)21(17-6-4-2)25(35(32,33)34)22(24(20)27(30)31)18-12-8-11-15-19-13-9-7-10-14-19/h7,9-10,13-14H,3-6,8,11-12,15-18H2,1-2H3,(H,28,29)(H,30,31)(H,32,33,34). The number of unbranched alkanes of at least 4 members (excludes halogenated alkanes) is 4. The van der Waals surface area contributed by atoms with Gasteiger partial charge in [-0.3, -0.25) is 4.55 Å². The van der Waals surface area contributed by atoms with Crippen LogP contribution in [0.3, 0.4) is 0 Å². The summed E-state index contributed by atoms with van der Waals surface area (Å²) in [5.41, 5.74) is 0.826. The summed E-state index contributed by atoms with van der Waals surface area (Å²) < 4.78 is 35.3. The van der Waals surface area contributed by atoms with Crippen LogP contribution in [0.25, 0.3) is 0 Å². The molecule has 0 amide bonds. The maximum atomic E-state index is 12.6. The molecule has 0 heterocycles. The Morgan fingerprint density at radius 2 is 1.14 bits per heavy atom. The van der Waals surface area contributed by atoms with Crippen LogP contribution in [-0.2, 0) is 35.8 Å². The number of carbonyl (C=O) groups is 2. The average Bonchev–Trinajstić information content (AvgIpc) is 2.79. The van der Waals surface area contributed by atoms with Crippen LogP contribution in [0.2, 0.25) is 0 Å². The Bertz CT molecular complexity index is 1120. The van der Waals surface area contributed by atoms with Crippen molar-refractivity contribution in [2.24, 2.45) is 0 Å². The van der Waals surface area contributed by atoms with E-state index in [-0.39, 0.29) is 47.1 Å². The molecule has 0 fully saturated rings. The molecule has 7 nitrogen and oxygen atoms in total. The minimum absolute atomic E-state index is 0.0252. The summed E-state index contributed by atoms with van der Waals surface area (Å²) >= 11 is 0. The molecule has 0 aliphatic carbocycles. The van der Waals surface area contributed by atoms with E-state index in [0.717, 1.165) is 25.7 Å². The van der Waals surface area contributed by atoms with Gasteiger partial charge in [0.15, 0.2) is 0 Å². The van der Waals surface area contributed by atoms with Crippen LogP contribution in [0.4, 0.5) is 0 Å². The van der Waals surface area contributed by atoms with E-state index in [0.29, 0.717) is 25.7 Å². The van der Waals surface area contributed by atoms with Gasteiger partial charge in [-0.05, 0) is 73.6 Å². The van der Waals surface area contributed by atoms with Crippen molar-refractivity contribution in [3.8, 4) is 0 Å². The van der Waals surface area contributed by atoms with Crippen molar-refractivity contribution < 1.29 is 32.8 Å². The summed E-state index contributed by atoms with van der Waals surface area (Å²) in [4.78, 5) is 24.2. The number of carboxylic acid groups (broad SMARTS) is 2. The van der Waals surface area contributed by atoms with Crippen molar-refractivity contribution in [3.63, 3.8) is 0 Å². The Labute approximate surface area is 208 Å². The van der Waals surface area contributed by atoms with Crippen LogP contribution in [0.1, 0.15) is 102 Å². The van der Waals surface area contributed by atoms with Crippen molar-refractivity contribution in [2.45, 2.75) is 89.4 Å². The predicted molar refractivity (Wildman–Crippen MR) is 135 cm³/mol. The molecule has 0 saturated heterocycles. The molecule has 192 valence electrons. The number of carboxylic acids is 2. The van der Waals surface area contributed by atoms with Crippen molar-refractivity contribution >= 4 is 22.1 Å². The third-order valence-corrected chi connectivity index (χ3v) is 7.25. The zero-order valence-corrected chi connectivity index (χ0v) is 21.4. The van der Waals surface area contributed by atoms with Gasteiger partial charge in [-0.15, -0.1) is 0 Å². The highest BCUT2D eigenvalue weighted by Crippen LogP contribution is 2.35. The van der Waals surface area contributed by atoms with Crippen molar-refractivity contribution in [2.75, 3.05) is 0 Å². The predicted octanol–water partition coefficient (Wildman–Crippen LogP) is 5.97. The molecular weight excluding hydrogens is 468 g/mol. The summed E-state index contributed by atoms with van der Waals surface area (Å²) in [6.07, 6.45) is 5.89. The van der Waals surface area contributed by atoms with Crippen molar-refractivity contribution in [1.29, 1.82) is 0 Å². The van der Waals surface area contributed by atoms with E-state index in [9.17, 15) is 32.8 Å². The lowest BCUT2D eigenvalue weighted by molar-refractivity contribution is 0.0693. The van der Waals surface area contributed by atoms with Gasteiger partial charge in [0.2, 0.25) is 0 Å². The summed E-state index contributed by atoms with van der Waals surface area (Å²) in [6.45, 7) is 3.81. The van der Waals surface area contributed by atoms with E-state index in [1.165, 1.54) is 5.56 Å². The van der Waals surface area contributed by atoms with Gasteiger partial charge in [-0.25, -0.2) is 9.59 Å². The van der Waals surface area contributed by atoms with Crippen LogP contribution in [0.15, 0.2) is 35.2 Å². The van der Waals surface area contributed by atoms with E-state index in [1.54, 1.807) is 0 Å². The smallest absolute Gasteiger partial charge is 0.336 e. The fourth-order valence-corrected chi connectivity index (χ4v) is 5.64. The molecule has 0 radical (unpaired) electrons. The largest absolute Gasteiger partial charge is 0.478 e. The summed E-state index contributed by atoms with van der Waals surface area (Å²) in [5.74, 6) is -2.74. The first-order valence-electron chi connectivity index (χ1n) is 12.3. The number of hydrogen-bond donors (Lipinski definition) is 3. The van der Waals surface area contributed by atoms with Crippen LogP contribution in [0, 0.1) is 0 Å². The third-order valence-electron chi connectivity index (χ3n) is 6.24. The quantitative estimate of drug-likeness (QED) is 0.201. The van der Waals surface area contributed by atoms with Crippen molar-refractivity contribution in [3.05, 3.63) is 63.7 Å². The Balaban J connectivity index is 2.59. The molecule has 0 bridgehead atoms. The van der Waals surface area contributed by atoms with E-state index in [1.807, 2.05) is 44.2 Å². The third kappa shape index (κ3) is 7.64. The zero-order chi connectivity index (χ0) is 26.0. The summed E-state index contributed by atoms with van der Waals surface area (Å²) in [5, 5.41) is 20.1. The Kier molecular flexibility index (Phi) is 10.9. The van der Waals surface area contributed by atoms with Gasteiger partial charge in [-0.2, -0.15) is 8.42 Å². The molecule has 8 heteroatoms. The van der Waals surface area contributed by atoms with Gasteiger partial charge in [0.05, 0.1) is 11.1 Å². The SMILES string of the molecule is CCCCc1c(C(=O)O)c(CCCC)c(S(=O)(=O)O)c(CCCCCc2ccccc2)c1C(=O)O. The maximum absolute atomic E-state index is 12.6. The van der Waals surface area contributed by atoms with Crippen LogP contribution < -0.4 is 0 Å². The number of benzene rings is 2. The monoisotopic (exact) mass is 504 g/mol. The molecule has 3 N–H and O–H groups in total. The molecule has 0 spiro atoms. The van der Waals surface area contributed by atoms with Crippen LogP contribution >= 0.6 is 0 Å². The number of rotatable bonds is 15.